The van der Waals surface area contributed by atoms with E-state index >= 15 is 0 Å². The number of alkyl halides is 1. The van der Waals surface area contributed by atoms with E-state index in [1.54, 1.807) is 19.2 Å². The van der Waals surface area contributed by atoms with E-state index in [-0.39, 0.29) is 5.78 Å². The summed E-state index contributed by atoms with van der Waals surface area (Å²) in [4.78, 5) is 11.3. The smallest absolute Gasteiger partial charge is 0.173 e. The lowest BCUT2D eigenvalue weighted by Crippen LogP contribution is -2.03. The van der Waals surface area contributed by atoms with Crippen LogP contribution in [0.1, 0.15) is 15.9 Å². The average molecular weight is 287 g/mol. The van der Waals surface area contributed by atoms with Crippen LogP contribution in [0.5, 0.6) is 0 Å². The Morgan fingerprint density at radius 1 is 1.40 bits per heavy atom. The average Bonchev–Trinajstić information content (AvgIpc) is 2.29. The van der Waals surface area contributed by atoms with Gasteiger partial charge in [-0.1, -0.05) is 40.2 Å². The van der Waals surface area contributed by atoms with Gasteiger partial charge in [-0.2, -0.15) is 0 Å². The number of thiocarbonyl (C=S) groups is 1. The number of carbonyl (C=O) groups is 1. The molecule has 0 saturated heterocycles. The summed E-state index contributed by atoms with van der Waals surface area (Å²) in [6.07, 6.45) is 0.606. The van der Waals surface area contributed by atoms with Crippen molar-refractivity contribution in [2.24, 2.45) is 0 Å². The fourth-order valence-corrected chi connectivity index (χ4v) is 1.61. The maximum atomic E-state index is 11.3. The van der Waals surface area contributed by atoms with Gasteiger partial charge >= 0.3 is 0 Å². The summed E-state index contributed by atoms with van der Waals surface area (Å²) in [5.74, 6) is 0.0795. The van der Waals surface area contributed by atoms with E-state index in [2.05, 4.69) is 15.9 Å². The van der Waals surface area contributed by atoms with Crippen molar-refractivity contribution < 1.29 is 9.53 Å². The summed E-state index contributed by atoms with van der Waals surface area (Å²) < 4.78 is 4.91. The molecule has 1 aromatic rings. The van der Waals surface area contributed by atoms with E-state index in [1.165, 1.54) is 0 Å². The van der Waals surface area contributed by atoms with Crippen molar-refractivity contribution >= 4 is 39.0 Å². The number of hydrogen-bond acceptors (Lipinski definition) is 3. The Balaban J connectivity index is 2.72. The van der Waals surface area contributed by atoms with Gasteiger partial charge in [-0.05, 0) is 17.8 Å². The van der Waals surface area contributed by atoms with Crippen molar-refractivity contribution in [3.8, 4) is 0 Å². The predicted octanol–water partition coefficient (Wildman–Crippen LogP) is 2.78. The molecule has 0 atom stereocenters. The molecule has 0 radical (unpaired) electrons. The minimum absolute atomic E-state index is 0.0795. The molecule has 80 valence electrons. The Morgan fingerprint density at radius 3 is 2.47 bits per heavy atom. The Labute approximate surface area is 103 Å². The third-order valence-electron chi connectivity index (χ3n) is 1.97. The minimum Gasteiger partial charge on any atom is -0.490 e. The molecule has 0 spiro atoms. The number of carbonyl (C=O) groups excluding carboxylic acids is 1. The van der Waals surface area contributed by atoms with Crippen LogP contribution in [0.25, 0.3) is 0 Å². The molecule has 0 aliphatic rings. The summed E-state index contributed by atoms with van der Waals surface area (Å²) in [6.45, 7) is 0. The number of methoxy groups -OCH3 is 1. The van der Waals surface area contributed by atoms with Crippen molar-refractivity contribution in [2.45, 2.75) is 6.42 Å². The molecule has 0 N–H and O–H groups in total. The van der Waals surface area contributed by atoms with Crippen molar-refractivity contribution in [1.82, 2.24) is 0 Å². The van der Waals surface area contributed by atoms with E-state index in [0.717, 1.165) is 5.56 Å². The first-order valence-electron chi connectivity index (χ1n) is 4.42. The Morgan fingerprint density at radius 2 is 2.00 bits per heavy atom. The highest BCUT2D eigenvalue weighted by Crippen LogP contribution is 2.08. The van der Waals surface area contributed by atoms with Gasteiger partial charge in [0.2, 0.25) is 0 Å². The maximum Gasteiger partial charge on any atom is 0.173 e. The molecule has 0 bridgehead atoms. The zero-order valence-electron chi connectivity index (χ0n) is 8.33. The Kier molecular flexibility index (Phi) is 4.91. The van der Waals surface area contributed by atoms with Crippen LogP contribution in [-0.2, 0) is 11.2 Å². The van der Waals surface area contributed by atoms with E-state index < -0.39 is 0 Å². The van der Waals surface area contributed by atoms with E-state index in [1.807, 2.05) is 12.1 Å². The number of halogens is 1. The molecule has 15 heavy (non-hydrogen) atoms. The normalized spacial score (nSPS) is 9.73. The molecule has 2 nitrogen and oxygen atoms in total. The topological polar surface area (TPSA) is 26.3 Å². The van der Waals surface area contributed by atoms with Crippen molar-refractivity contribution in [1.29, 1.82) is 0 Å². The highest BCUT2D eigenvalue weighted by atomic mass is 79.9. The third kappa shape index (κ3) is 3.72. The quantitative estimate of drug-likeness (QED) is 0.484. The highest BCUT2D eigenvalue weighted by Gasteiger charge is 2.04. The SMILES string of the molecule is COC(=S)Cc1ccc(C(=O)CBr)cc1. The lowest BCUT2D eigenvalue weighted by Gasteiger charge is -2.03. The lowest BCUT2D eigenvalue weighted by atomic mass is 10.1. The largest absolute Gasteiger partial charge is 0.490 e. The van der Waals surface area contributed by atoms with E-state index in [9.17, 15) is 4.79 Å². The number of Topliss-reactive ketones (excluding diaryl/α,β-unsaturated/α-hetero) is 1. The van der Waals surface area contributed by atoms with Crippen LogP contribution in [0.4, 0.5) is 0 Å². The monoisotopic (exact) mass is 286 g/mol. The molecular formula is C11H11BrO2S. The zero-order chi connectivity index (χ0) is 11.3. The standard InChI is InChI=1S/C11H11BrO2S/c1-14-11(15)6-8-2-4-9(5-3-8)10(13)7-12/h2-5H,6-7H2,1H3. The van der Waals surface area contributed by atoms with Gasteiger partial charge in [0.25, 0.3) is 0 Å². The summed E-state index contributed by atoms with van der Waals surface area (Å²) in [6, 6.07) is 7.39. The van der Waals surface area contributed by atoms with Crippen molar-refractivity contribution in [2.75, 3.05) is 12.4 Å². The molecule has 4 heteroatoms. The zero-order valence-corrected chi connectivity index (χ0v) is 10.7. The van der Waals surface area contributed by atoms with Gasteiger partial charge in [-0.25, -0.2) is 0 Å². The van der Waals surface area contributed by atoms with Gasteiger partial charge in [-0.3, -0.25) is 4.79 Å². The van der Waals surface area contributed by atoms with Crippen LogP contribution >= 0.6 is 28.1 Å². The first kappa shape index (κ1) is 12.3. The third-order valence-corrected chi connectivity index (χ3v) is 2.79. The van der Waals surface area contributed by atoms with E-state index in [4.69, 9.17) is 17.0 Å². The minimum atomic E-state index is 0.0795. The van der Waals surface area contributed by atoms with Crippen molar-refractivity contribution in [3.63, 3.8) is 0 Å². The van der Waals surface area contributed by atoms with Crippen LogP contribution < -0.4 is 0 Å². The van der Waals surface area contributed by atoms with Crippen LogP contribution in [-0.4, -0.2) is 23.3 Å². The molecule has 0 fully saturated rings. The second-order valence-electron chi connectivity index (χ2n) is 3.01. The molecule has 0 amide bonds. The molecule has 0 aromatic heterocycles. The van der Waals surface area contributed by atoms with E-state index in [0.29, 0.717) is 22.4 Å². The van der Waals surface area contributed by atoms with Crippen LogP contribution in [0.3, 0.4) is 0 Å². The maximum absolute atomic E-state index is 11.3. The van der Waals surface area contributed by atoms with Crippen molar-refractivity contribution in [3.05, 3.63) is 35.4 Å². The molecule has 1 aromatic carbocycles. The van der Waals surface area contributed by atoms with Crippen LogP contribution in [0.15, 0.2) is 24.3 Å². The molecular weight excluding hydrogens is 276 g/mol. The van der Waals surface area contributed by atoms with Gasteiger partial charge < -0.3 is 4.74 Å². The highest BCUT2D eigenvalue weighted by molar-refractivity contribution is 9.09. The molecule has 0 aliphatic heterocycles. The number of ether oxygens (including phenoxy) is 1. The van der Waals surface area contributed by atoms with Crippen LogP contribution in [0, 0.1) is 0 Å². The number of hydrogen-bond donors (Lipinski definition) is 0. The summed E-state index contributed by atoms with van der Waals surface area (Å²) >= 11 is 8.08. The first-order chi connectivity index (χ1) is 7.17. The second kappa shape index (κ2) is 5.98. The fourth-order valence-electron chi connectivity index (χ4n) is 1.12. The Bertz CT molecular complexity index is 359. The fraction of sp³-hybridized carbons (Fsp3) is 0.273. The van der Waals surface area contributed by atoms with Crippen LogP contribution in [0.2, 0.25) is 0 Å². The summed E-state index contributed by atoms with van der Waals surface area (Å²) in [5, 5.41) is 0.901. The van der Waals surface area contributed by atoms with Gasteiger partial charge in [0.05, 0.1) is 12.4 Å². The summed E-state index contributed by atoms with van der Waals surface area (Å²) in [7, 11) is 1.56. The molecule has 0 aliphatic carbocycles. The molecule has 1 rings (SSSR count). The second-order valence-corrected chi connectivity index (χ2v) is 4.02. The molecule has 0 saturated carbocycles. The number of benzene rings is 1. The number of ketones is 1. The van der Waals surface area contributed by atoms with Gasteiger partial charge in [0, 0.05) is 12.0 Å². The predicted molar refractivity (Wildman–Crippen MR) is 67.9 cm³/mol. The summed E-state index contributed by atoms with van der Waals surface area (Å²) in [5.41, 5.74) is 1.76. The molecule has 0 heterocycles. The first-order valence-corrected chi connectivity index (χ1v) is 5.95. The lowest BCUT2D eigenvalue weighted by molar-refractivity contribution is 0.102. The van der Waals surface area contributed by atoms with Gasteiger partial charge in [-0.15, -0.1) is 0 Å². The molecule has 0 unspecified atom stereocenters. The van der Waals surface area contributed by atoms with Gasteiger partial charge in [0.1, 0.15) is 0 Å². The Hall–Kier alpha value is -0.740. The number of rotatable bonds is 4. The van der Waals surface area contributed by atoms with Gasteiger partial charge in [0.15, 0.2) is 10.8 Å².